The SMILES string of the molecule is CC[C@@H]1CC[C@@H]2[C@@H]3CC[C@H]4CCCC[C@]4(C)[C@@H]3CC[C@]12C. The third-order valence-electron chi connectivity index (χ3n) is 9.27. The summed E-state index contributed by atoms with van der Waals surface area (Å²) in [6, 6.07) is 0. The Bertz CT molecular complexity index is 399. The van der Waals surface area contributed by atoms with Crippen molar-refractivity contribution in [2.75, 3.05) is 0 Å². The average Bonchev–Trinajstić information content (AvgIpc) is 2.83. The molecule has 0 heteroatoms. The van der Waals surface area contributed by atoms with Crippen molar-refractivity contribution in [3.05, 3.63) is 0 Å². The van der Waals surface area contributed by atoms with Gasteiger partial charge in [0, 0.05) is 0 Å². The van der Waals surface area contributed by atoms with E-state index in [0.717, 1.165) is 35.0 Å². The van der Waals surface area contributed by atoms with E-state index in [9.17, 15) is 0 Å². The predicted octanol–water partition coefficient (Wildman–Crippen LogP) is 6.45. The second-order valence-corrected chi connectivity index (χ2v) is 9.63. The van der Waals surface area contributed by atoms with Gasteiger partial charge in [0.05, 0.1) is 0 Å². The highest BCUT2D eigenvalue weighted by Crippen LogP contribution is 2.67. The van der Waals surface area contributed by atoms with Gasteiger partial charge in [0.2, 0.25) is 0 Å². The van der Waals surface area contributed by atoms with Gasteiger partial charge in [0.1, 0.15) is 0 Å². The standard InChI is InChI=1S/C21H36/c1-4-15-9-11-18-17-10-8-16-7-5-6-13-20(16,2)19(17)12-14-21(15,18)3/h15-19H,4-14H2,1-3H3/t15-,16-,17+,18-,19-,20+,21-/m1/s1. The first-order valence-electron chi connectivity index (χ1n) is 10.1. The second kappa shape index (κ2) is 5.00. The molecule has 0 N–H and O–H groups in total. The molecule has 0 saturated heterocycles. The van der Waals surface area contributed by atoms with Crippen LogP contribution in [0.4, 0.5) is 0 Å². The maximum atomic E-state index is 2.71. The van der Waals surface area contributed by atoms with Crippen molar-refractivity contribution in [2.24, 2.45) is 40.4 Å². The molecule has 4 saturated carbocycles. The molecule has 120 valence electrons. The molecule has 4 fully saturated rings. The van der Waals surface area contributed by atoms with Crippen molar-refractivity contribution in [1.29, 1.82) is 0 Å². The molecule has 0 radical (unpaired) electrons. The molecule has 21 heavy (non-hydrogen) atoms. The number of hydrogen-bond donors (Lipinski definition) is 0. The van der Waals surface area contributed by atoms with Crippen LogP contribution in [0, 0.1) is 40.4 Å². The monoisotopic (exact) mass is 288 g/mol. The molecular weight excluding hydrogens is 252 g/mol. The molecule has 0 aromatic carbocycles. The smallest absolute Gasteiger partial charge is 0.0266 e. The van der Waals surface area contributed by atoms with Gasteiger partial charge in [-0.1, -0.05) is 40.0 Å². The van der Waals surface area contributed by atoms with Crippen molar-refractivity contribution in [3.63, 3.8) is 0 Å². The van der Waals surface area contributed by atoms with E-state index in [0.29, 0.717) is 5.41 Å². The van der Waals surface area contributed by atoms with E-state index in [1.165, 1.54) is 19.3 Å². The van der Waals surface area contributed by atoms with Gasteiger partial charge >= 0.3 is 0 Å². The van der Waals surface area contributed by atoms with E-state index < -0.39 is 0 Å². The summed E-state index contributed by atoms with van der Waals surface area (Å²) < 4.78 is 0. The number of fused-ring (bicyclic) bond motifs is 5. The number of hydrogen-bond acceptors (Lipinski definition) is 0. The Kier molecular flexibility index (Phi) is 3.47. The minimum Gasteiger partial charge on any atom is -0.0651 e. The van der Waals surface area contributed by atoms with Crippen molar-refractivity contribution < 1.29 is 0 Å². The van der Waals surface area contributed by atoms with Crippen molar-refractivity contribution >= 4 is 0 Å². The van der Waals surface area contributed by atoms with Gasteiger partial charge < -0.3 is 0 Å². The summed E-state index contributed by atoms with van der Waals surface area (Å²) in [7, 11) is 0. The molecule has 0 nitrogen and oxygen atoms in total. The lowest BCUT2D eigenvalue weighted by Crippen LogP contribution is -2.52. The lowest BCUT2D eigenvalue weighted by atomic mass is 9.45. The van der Waals surface area contributed by atoms with E-state index in [4.69, 9.17) is 0 Å². The maximum absolute atomic E-state index is 2.71. The van der Waals surface area contributed by atoms with Gasteiger partial charge in [-0.3, -0.25) is 0 Å². The van der Waals surface area contributed by atoms with Crippen LogP contribution in [0.1, 0.15) is 91.4 Å². The first kappa shape index (κ1) is 14.6. The van der Waals surface area contributed by atoms with Gasteiger partial charge in [0.15, 0.2) is 0 Å². The fraction of sp³-hybridized carbons (Fsp3) is 1.00. The largest absolute Gasteiger partial charge is 0.0651 e. The Labute approximate surface area is 132 Å². The van der Waals surface area contributed by atoms with Gasteiger partial charge in [0.25, 0.3) is 0 Å². The summed E-state index contributed by atoms with van der Waals surface area (Å²) in [5, 5.41) is 0. The third kappa shape index (κ3) is 1.93. The van der Waals surface area contributed by atoms with Gasteiger partial charge in [-0.05, 0) is 91.8 Å². The average molecular weight is 289 g/mol. The predicted molar refractivity (Wildman–Crippen MR) is 90.1 cm³/mol. The van der Waals surface area contributed by atoms with Crippen LogP contribution in [0.15, 0.2) is 0 Å². The first-order valence-corrected chi connectivity index (χ1v) is 10.1. The zero-order valence-electron chi connectivity index (χ0n) is 14.7. The van der Waals surface area contributed by atoms with Crippen LogP contribution in [0.25, 0.3) is 0 Å². The Morgan fingerprint density at radius 2 is 1.57 bits per heavy atom. The fourth-order valence-corrected chi connectivity index (χ4v) is 8.07. The highest BCUT2D eigenvalue weighted by atomic mass is 14.6. The van der Waals surface area contributed by atoms with Crippen molar-refractivity contribution in [3.8, 4) is 0 Å². The van der Waals surface area contributed by atoms with Gasteiger partial charge in [-0.25, -0.2) is 0 Å². The lowest BCUT2D eigenvalue weighted by molar-refractivity contribution is -0.110. The van der Waals surface area contributed by atoms with Crippen LogP contribution in [-0.4, -0.2) is 0 Å². The van der Waals surface area contributed by atoms with Crippen LogP contribution in [0.3, 0.4) is 0 Å². The highest BCUT2D eigenvalue weighted by molar-refractivity contribution is 5.08. The molecule has 0 heterocycles. The van der Waals surface area contributed by atoms with E-state index in [1.54, 1.807) is 51.4 Å². The van der Waals surface area contributed by atoms with Crippen LogP contribution < -0.4 is 0 Å². The zero-order valence-corrected chi connectivity index (χ0v) is 14.7. The van der Waals surface area contributed by atoms with E-state index in [1.807, 2.05) is 0 Å². The molecule has 0 bridgehead atoms. The summed E-state index contributed by atoms with van der Waals surface area (Å²) in [5.41, 5.74) is 1.45. The molecule has 0 spiro atoms. The summed E-state index contributed by atoms with van der Waals surface area (Å²) in [4.78, 5) is 0. The minimum atomic E-state index is 0.716. The van der Waals surface area contributed by atoms with E-state index >= 15 is 0 Å². The van der Waals surface area contributed by atoms with E-state index in [-0.39, 0.29) is 0 Å². The number of rotatable bonds is 1. The van der Waals surface area contributed by atoms with Crippen LogP contribution in [0.5, 0.6) is 0 Å². The first-order chi connectivity index (χ1) is 10.1. The second-order valence-electron chi connectivity index (χ2n) is 9.63. The fourth-order valence-electron chi connectivity index (χ4n) is 8.07. The van der Waals surface area contributed by atoms with Gasteiger partial charge in [-0.2, -0.15) is 0 Å². The summed E-state index contributed by atoms with van der Waals surface area (Å²) in [6.07, 6.45) is 17.0. The maximum Gasteiger partial charge on any atom is -0.0266 e. The molecular formula is C21H36. The molecule has 0 aromatic rings. The topological polar surface area (TPSA) is 0 Å². The van der Waals surface area contributed by atoms with Crippen LogP contribution in [-0.2, 0) is 0 Å². The Morgan fingerprint density at radius 1 is 0.762 bits per heavy atom. The summed E-state index contributed by atoms with van der Waals surface area (Å²) in [6.45, 7) is 7.84. The molecule has 4 rings (SSSR count). The summed E-state index contributed by atoms with van der Waals surface area (Å²) in [5.74, 6) is 5.39. The molecule has 7 atom stereocenters. The van der Waals surface area contributed by atoms with Crippen molar-refractivity contribution in [2.45, 2.75) is 91.4 Å². The zero-order chi connectivity index (χ0) is 14.7. The Hall–Kier alpha value is 0. The molecule has 0 aromatic heterocycles. The summed E-state index contributed by atoms with van der Waals surface area (Å²) >= 11 is 0. The quantitative estimate of drug-likeness (QED) is 0.520. The lowest BCUT2D eigenvalue weighted by Gasteiger charge is -2.60. The van der Waals surface area contributed by atoms with Crippen LogP contribution >= 0.6 is 0 Å². The van der Waals surface area contributed by atoms with Crippen molar-refractivity contribution in [1.82, 2.24) is 0 Å². The van der Waals surface area contributed by atoms with Gasteiger partial charge in [-0.15, -0.1) is 0 Å². The Morgan fingerprint density at radius 3 is 2.38 bits per heavy atom. The van der Waals surface area contributed by atoms with E-state index in [2.05, 4.69) is 20.8 Å². The highest BCUT2D eigenvalue weighted by Gasteiger charge is 2.59. The Balaban J connectivity index is 1.62. The molecule has 0 unspecified atom stereocenters. The molecule has 4 aliphatic carbocycles. The minimum absolute atomic E-state index is 0.716. The molecule has 4 aliphatic rings. The van der Waals surface area contributed by atoms with Crippen LogP contribution in [0.2, 0.25) is 0 Å². The normalized spacial score (nSPS) is 56.4. The third-order valence-corrected chi connectivity index (χ3v) is 9.27. The molecule has 0 aliphatic heterocycles. The molecule has 0 amide bonds.